The molecule has 0 aromatic heterocycles. The van der Waals surface area contributed by atoms with Gasteiger partial charge >= 0.3 is 0 Å². The summed E-state index contributed by atoms with van der Waals surface area (Å²) >= 11 is 0. The van der Waals surface area contributed by atoms with E-state index in [2.05, 4.69) is 0 Å². The van der Waals surface area contributed by atoms with Crippen LogP contribution >= 0.6 is 0 Å². The molecule has 0 aliphatic carbocycles. The summed E-state index contributed by atoms with van der Waals surface area (Å²) in [5.41, 5.74) is 0. The maximum absolute atomic E-state index is 9.56. The zero-order valence-corrected chi connectivity index (χ0v) is 4.28. The molecule has 0 aromatic rings. The van der Waals surface area contributed by atoms with Gasteiger partial charge in [-0.15, -0.1) is 0 Å². The van der Waals surface area contributed by atoms with E-state index < -0.39 is 0 Å². The van der Waals surface area contributed by atoms with Gasteiger partial charge in [-0.3, -0.25) is 9.59 Å². The Balaban J connectivity index is 3.41. The summed E-state index contributed by atoms with van der Waals surface area (Å²) in [5, 5.41) is 0. The summed E-state index contributed by atoms with van der Waals surface area (Å²) in [6.07, 6.45) is 6.88. The second kappa shape index (κ2) is 5.82. The third-order valence-electron chi connectivity index (χ3n) is 0.490. The van der Waals surface area contributed by atoms with Crippen molar-refractivity contribution in [1.29, 1.82) is 0 Å². The van der Waals surface area contributed by atoms with Crippen molar-refractivity contribution >= 4 is 12.6 Å². The zero-order valence-electron chi connectivity index (χ0n) is 4.28. The van der Waals surface area contributed by atoms with Crippen LogP contribution in [0.2, 0.25) is 0 Å². The first-order chi connectivity index (χ1) is 3.91. The Morgan fingerprint density at radius 2 is 1.00 bits per heavy atom. The van der Waals surface area contributed by atoms with Crippen LogP contribution in [0, 0.1) is 0 Å². The molecule has 0 N–H and O–H groups in total. The average molecular weight is 110 g/mol. The van der Waals surface area contributed by atoms with Gasteiger partial charge < -0.3 is 0 Å². The number of hydrogen-bond acceptors (Lipinski definition) is 2. The van der Waals surface area contributed by atoms with E-state index in [4.69, 9.17) is 0 Å². The quantitative estimate of drug-likeness (QED) is 0.301. The lowest BCUT2D eigenvalue weighted by atomic mass is 10.4. The van der Waals surface area contributed by atoms with E-state index in [1.165, 1.54) is 24.3 Å². The minimum absolute atomic E-state index is 0.648. The molecule has 0 bridgehead atoms. The lowest BCUT2D eigenvalue weighted by Crippen LogP contribution is -1.58. The molecule has 0 spiro atoms. The molecule has 0 heterocycles. The summed E-state index contributed by atoms with van der Waals surface area (Å²) in [6, 6.07) is 0. The number of allylic oxidation sites excluding steroid dienone is 4. The van der Waals surface area contributed by atoms with E-state index in [0.717, 1.165) is 0 Å². The van der Waals surface area contributed by atoms with Crippen molar-refractivity contribution in [3.8, 4) is 0 Å². The highest BCUT2D eigenvalue weighted by Gasteiger charge is 1.60. The largest absolute Gasteiger partial charge is 0.299 e. The molecule has 0 amide bonds. The topological polar surface area (TPSA) is 34.1 Å². The van der Waals surface area contributed by atoms with Gasteiger partial charge in [0.1, 0.15) is 12.6 Å². The Morgan fingerprint density at radius 1 is 0.625 bits per heavy atom. The van der Waals surface area contributed by atoms with Gasteiger partial charge in [0, 0.05) is 0 Å². The van der Waals surface area contributed by atoms with Gasteiger partial charge in [-0.25, -0.2) is 0 Å². The molecule has 8 heavy (non-hydrogen) atoms. The predicted octanol–water partition coefficient (Wildman–Crippen LogP) is 0.497. The Kier molecular flexibility index (Phi) is 4.96. The van der Waals surface area contributed by atoms with E-state index in [9.17, 15) is 9.59 Å². The number of carbonyl (C=O) groups excluding carboxylic acids is 2. The summed E-state index contributed by atoms with van der Waals surface area (Å²) in [5.74, 6) is 0. The molecule has 0 unspecified atom stereocenters. The molecule has 0 aliphatic heterocycles. The Bertz CT molecular complexity index is 106. The van der Waals surface area contributed by atoms with E-state index in [-0.39, 0.29) is 0 Å². The highest BCUT2D eigenvalue weighted by Crippen LogP contribution is 1.69. The molecular weight excluding hydrogens is 104 g/mol. The van der Waals surface area contributed by atoms with Gasteiger partial charge in [-0.2, -0.15) is 0 Å². The first-order valence-electron chi connectivity index (χ1n) is 2.14. The summed E-state index contributed by atoms with van der Waals surface area (Å²) in [4.78, 5) is 19.1. The molecule has 0 radical (unpaired) electrons. The lowest BCUT2D eigenvalue weighted by Gasteiger charge is -1.62. The fourth-order valence-electron chi connectivity index (χ4n) is 0.219. The van der Waals surface area contributed by atoms with Crippen molar-refractivity contribution < 1.29 is 9.59 Å². The van der Waals surface area contributed by atoms with E-state index in [0.29, 0.717) is 12.6 Å². The third-order valence-corrected chi connectivity index (χ3v) is 0.490. The molecule has 2 nitrogen and oxygen atoms in total. The van der Waals surface area contributed by atoms with Crippen LogP contribution in [0.25, 0.3) is 0 Å². The molecule has 0 rings (SSSR count). The van der Waals surface area contributed by atoms with Crippen LogP contribution in [0.4, 0.5) is 0 Å². The number of rotatable bonds is 3. The van der Waals surface area contributed by atoms with Crippen molar-refractivity contribution in [3.63, 3.8) is 0 Å². The van der Waals surface area contributed by atoms with Gasteiger partial charge in [0.15, 0.2) is 0 Å². The zero-order chi connectivity index (χ0) is 6.24. The van der Waals surface area contributed by atoms with Gasteiger partial charge in [0.25, 0.3) is 0 Å². The number of carbonyl (C=O) groups is 2. The second-order valence-electron chi connectivity index (χ2n) is 1.04. The van der Waals surface area contributed by atoms with Crippen LogP contribution < -0.4 is 0 Å². The van der Waals surface area contributed by atoms with Gasteiger partial charge in [0.05, 0.1) is 0 Å². The average Bonchev–Trinajstić information content (AvgIpc) is 1.81. The van der Waals surface area contributed by atoms with Crippen LogP contribution in [0.1, 0.15) is 0 Å². The van der Waals surface area contributed by atoms with Crippen molar-refractivity contribution in [2.75, 3.05) is 0 Å². The monoisotopic (exact) mass is 110 g/mol. The maximum Gasteiger partial charge on any atom is 0.142 e. The van der Waals surface area contributed by atoms with E-state index in [1.54, 1.807) is 0 Å². The molecule has 2 heteroatoms. The van der Waals surface area contributed by atoms with Crippen molar-refractivity contribution in [1.82, 2.24) is 0 Å². The van der Waals surface area contributed by atoms with Crippen LogP contribution in [-0.2, 0) is 9.59 Å². The molecular formula is C6H6O2. The first kappa shape index (κ1) is 6.82. The highest BCUT2D eigenvalue weighted by molar-refractivity contribution is 5.68. The Labute approximate surface area is 47.5 Å². The molecule has 0 atom stereocenters. The standard InChI is InChI=1S/C6H6O2/c7-5-3-1-2-4-6-8/h1-6H. The fourth-order valence-corrected chi connectivity index (χ4v) is 0.219. The molecule has 0 fully saturated rings. The minimum atomic E-state index is 0.648. The van der Waals surface area contributed by atoms with E-state index >= 15 is 0 Å². The Hall–Kier alpha value is -1.18. The minimum Gasteiger partial charge on any atom is -0.299 e. The fraction of sp³-hybridized carbons (Fsp3) is 0. The van der Waals surface area contributed by atoms with Crippen LogP contribution in [0.3, 0.4) is 0 Å². The first-order valence-corrected chi connectivity index (χ1v) is 2.14. The molecule has 0 aromatic carbocycles. The Morgan fingerprint density at radius 3 is 1.25 bits per heavy atom. The summed E-state index contributed by atoms with van der Waals surface area (Å²) in [6.45, 7) is 0. The summed E-state index contributed by atoms with van der Waals surface area (Å²) < 4.78 is 0. The molecule has 42 valence electrons. The highest BCUT2D eigenvalue weighted by atomic mass is 16.1. The molecule has 0 aliphatic rings. The van der Waals surface area contributed by atoms with Gasteiger partial charge in [-0.05, 0) is 12.2 Å². The number of hydrogen-bond donors (Lipinski definition) is 0. The summed E-state index contributed by atoms with van der Waals surface area (Å²) in [7, 11) is 0. The second-order valence-corrected chi connectivity index (χ2v) is 1.04. The van der Waals surface area contributed by atoms with Crippen LogP contribution in [-0.4, -0.2) is 12.6 Å². The number of aldehydes is 2. The third kappa shape index (κ3) is 4.82. The molecule has 0 saturated carbocycles. The van der Waals surface area contributed by atoms with Gasteiger partial charge in [0.2, 0.25) is 0 Å². The van der Waals surface area contributed by atoms with Crippen LogP contribution in [0.15, 0.2) is 24.3 Å². The smallest absolute Gasteiger partial charge is 0.142 e. The van der Waals surface area contributed by atoms with E-state index in [1.807, 2.05) is 0 Å². The van der Waals surface area contributed by atoms with Crippen LogP contribution in [0.5, 0.6) is 0 Å². The SMILES string of the molecule is O=CC=CC=CC=O. The molecule has 0 saturated heterocycles. The normalized spacial score (nSPS) is 10.5. The van der Waals surface area contributed by atoms with Crippen molar-refractivity contribution in [2.45, 2.75) is 0 Å². The van der Waals surface area contributed by atoms with Crippen molar-refractivity contribution in [3.05, 3.63) is 24.3 Å². The maximum atomic E-state index is 9.56. The van der Waals surface area contributed by atoms with Gasteiger partial charge in [-0.1, -0.05) is 12.2 Å². The van der Waals surface area contributed by atoms with Crippen molar-refractivity contribution in [2.24, 2.45) is 0 Å². The lowest BCUT2D eigenvalue weighted by molar-refractivity contribution is -0.104. The predicted molar refractivity (Wildman–Crippen MR) is 30.4 cm³/mol.